The van der Waals surface area contributed by atoms with Crippen LogP contribution in [0.5, 0.6) is 0 Å². The van der Waals surface area contributed by atoms with Crippen molar-refractivity contribution >= 4 is 18.0 Å². The largest absolute Gasteiger partial charge is 0.481 e. The van der Waals surface area contributed by atoms with E-state index in [0.29, 0.717) is 18.7 Å². The Bertz CT molecular complexity index is 1220. The number of hydrogen-bond acceptors (Lipinski definition) is 5. The van der Waals surface area contributed by atoms with Gasteiger partial charge in [0.25, 0.3) is 5.91 Å². The third-order valence-corrected chi connectivity index (χ3v) is 6.67. The van der Waals surface area contributed by atoms with Crippen LogP contribution in [0.15, 0.2) is 65.1 Å². The number of fused-ring (bicyclic) bond motifs is 3. The third kappa shape index (κ3) is 4.64. The summed E-state index contributed by atoms with van der Waals surface area (Å²) < 4.78 is 11.1. The van der Waals surface area contributed by atoms with E-state index in [1.165, 1.54) is 0 Å². The molecule has 2 heterocycles. The van der Waals surface area contributed by atoms with Gasteiger partial charge in [0.05, 0.1) is 13.0 Å². The van der Waals surface area contributed by atoms with Crippen LogP contribution >= 0.6 is 0 Å². The first-order valence-corrected chi connectivity index (χ1v) is 11.7. The number of ether oxygens (including phenoxy) is 1. The highest BCUT2D eigenvalue weighted by Gasteiger charge is 2.32. The van der Waals surface area contributed by atoms with E-state index in [-0.39, 0.29) is 43.2 Å². The molecule has 8 heteroatoms. The molecule has 3 aromatic rings. The van der Waals surface area contributed by atoms with E-state index in [1.807, 2.05) is 24.3 Å². The summed E-state index contributed by atoms with van der Waals surface area (Å²) in [6.45, 7) is 0.787. The van der Waals surface area contributed by atoms with Crippen LogP contribution in [0.4, 0.5) is 4.79 Å². The second kappa shape index (κ2) is 9.66. The molecule has 1 aliphatic carbocycles. The zero-order valence-corrected chi connectivity index (χ0v) is 19.1. The molecular weight excluding hydrogens is 448 g/mol. The van der Waals surface area contributed by atoms with Crippen molar-refractivity contribution in [1.29, 1.82) is 0 Å². The maximum atomic E-state index is 12.8. The molecule has 0 spiro atoms. The zero-order chi connectivity index (χ0) is 24.4. The van der Waals surface area contributed by atoms with E-state index in [2.05, 4.69) is 29.6 Å². The lowest BCUT2D eigenvalue weighted by Gasteiger charge is -2.22. The van der Waals surface area contributed by atoms with E-state index in [1.54, 1.807) is 17.0 Å². The Kier molecular flexibility index (Phi) is 6.27. The van der Waals surface area contributed by atoms with Gasteiger partial charge in [0.1, 0.15) is 12.4 Å². The van der Waals surface area contributed by atoms with Crippen LogP contribution in [0.1, 0.15) is 52.6 Å². The molecular formula is C27H26N2O6. The molecule has 8 nitrogen and oxygen atoms in total. The van der Waals surface area contributed by atoms with Crippen LogP contribution in [0.2, 0.25) is 0 Å². The van der Waals surface area contributed by atoms with Crippen LogP contribution in [-0.4, -0.2) is 47.2 Å². The monoisotopic (exact) mass is 474 g/mol. The lowest BCUT2D eigenvalue weighted by Crippen LogP contribution is -2.36. The van der Waals surface area contributed by atoms with Gasteiger partial charge in [-0.25, -0.2) is 4.79 Å². The molecule has 5 rings (SSSR count). The standard InChI is InChI=1S/C27H26N2O6/c30-25(31)14-17-6-5-13-29(17)26(32)24-12-11-18(35-24)15-28-27(33)34-16-23-21-9-3-1-7-19(21)20-8-2-4-10-22(20)23/h1-4,7-12,17,23H,5-6,13-16H2,(H,28,33)(H,30,31). The number of carboxylic acids is 1. The van der Waals surface area contributed by atoms with Gasteiger partial charge < -0.3 is 24.5 Å². The summed E-state index contributed by atoms with van der Waals surface area (Å²) in [6, 6.07) is 19.1. The third-order valence-electron chi connectivity index (χ3n) is 6.67. The summed E-state index contributed by atoms with van der Waals surface area (Å²) in [5.41, 5.74) is 4.60. The smallest absolute Gasteiger partial charge is 0.407 e. The number of amides is 2. The summed E-state index contributed by atoms with van der Waals surface area (Å²) in [5, 5.41) is 11.7. The van der Waals surface area contributed by atoms with Crippen LogP contribution in [0.25, 0.3) is 11.1 Å². The average Bonchev–Trinajstić information content (AvgIpc) is 3.59. The maximum absolute atomic E-state index is 12.8. The van der Waals surface area contributed by atoms with Crippen LogP contribution in [0.3, 0.4) is 0 Å². The molecule has 1 atom stereocenters. The molecule has 2 amide bonds. The highest BCUT2D eigenvalue weighted by molar-refractivity contribution is 5.92. The number of aliphatic carboxylic acids is 1. The fraction of sp³-hybridized carbons (Fsp3) is 0.296. The lowest BCUT2D eigenvalue weighted by molar-refractivity contribution is -0.137. The van der Waals surface area contributed by atoms with Crippen molar-refractivity contribution in [3.63, 3.8) is 0 Å². The van der Waals surface area contributed by atoms with Crippen LogP contribution in [-0.2, 0) is 16.1 Å². The first-order valence-electron chi connectivity index (χ1n) is 11.7. The van der Waals surface area contributed by atoms with Crippen molar-refractivity contribution < 1.29 is 28.6 Å². The number of carbonyl (C=O) groups excluding carboxylic acids is 2. The molecule has 0 radical (unpaired) electrons. The number of nitrogens with one attached hydrogen (secondary N) is 1. The quantitative estimate of drug-likeness (QED) is 0.525. The minimum atomic E-state index is -0.929. The number of likely N-dealkylation sites (tertiary alicyclic amines) is 1. The minimum Gasteiger partial charge on any atom is -0.481 e. The Balaban J connectivity index is 1.16. The summed E-state index contributed by atoms with van der Waals surface area (Å²) in [5.74, 6) is -0.745. The molecule has 2 aliphatic rings. The molecule has 1 unspecified atom stereocenters. The number of rotatable bonds is 7. The molecule has 1 fully saturated rings. The highest BCUT2D eigenvalue weighted by Crippen LogP contribution is 2.44. The number of alkyl carbamates (subject to hydrolysis) is 1. The summed E-state index contributed by atoms with van der Waals surface area (Å²) in [4.78, 5) is 37.8. The minimum absolute atomic E-state index is 0.0276. The van der Waals surface area contributed by atoms with Crippen molar-refractivity contribution in [3.8, 4) is 11.1 Å². The zero-order valence-electron chi connectivity index (χ0n) is 19.1. The molecule has 1 aromatic heterocycles. The Labute approximate surface area is 202 Å². The molecule has 2 aromatic carbocycles. The fourth-order valence-corrected chi connectivity index (χ4v) is 5.05. The van der Waals surface area contributed by atoms with Gasteiger partial charge in [0.15, 0.2) is 5.76 Å². The predicted octanol–water partition coefficient (Wildman–Crippen LogP) is 4.40. The van der Waals surface area contributed by atoms with Gasteiger partial charge in [-0.2, -0.15) is 0 Å². The first kappa shape index (κ1) is 22.7. The van der Waals surface area contributed by atoms with Crippen molar-refractivity contribution in [1.82, 2.24) is 10.2 Å². The van der Waals surface area contributed by atoms with Crippen molar-refractivity contribution in [2.45, 2.75) is 37.8 Å². The van der Waals surface area contributed by atoms with Crippen LogP contribution < -0.4 is 5.32 Å². The molecule has 1 saturated heterocycles. The fourth-order valence-electron chi connectivity index (χ4n) is 5.05. The van der Waals surface area contributed by atoms with Gasteiger partial charge in [-0.3, -0.25) is 9.59 Å². The summed E-state index contributed by atoms with van der Waals surface area (Å²) in [7, 11) is 0. The second-order valence-corrected chi connectivity index (χ2v) is 8.84. The Morgan fingerprint density at radius 3 is 2.37 bits per heavy atom. The Morgan fingerprint density at radius 2 is 1.69 bits per heavy atom. The first-order chi connectivity index (χ1) is 17.0. The normalized spacial score (nSPS) is 16.6. The van der Waals surface area contributed by atoms with E-state index in [0.717, 1.165) is 28.7 Å². The van der Waals surface area contributed by atoms with Crippen molar-refractivity contribution in [2.75, 3.05) is 13.2 Å². The van der Waals surface area contributed by atoms with E-state index < -0.39 is 12.1 Å². The van der Waals surface area contributed by atoms with E-state index in [4.69, 9.17) is 14.3 Å². The van der Waals surface area contributed by atoms with Gasteiger partial charge >= 0.3 is 12.1 Å². The van der Waals surface area contributed by atoms with Gasteiger partial charge in [-0.05, 0) is 47.2 Å². The van der Waals surface area contributed by atoms with Crippen LogP contribution in [0, 0.1) is 0 Å². The Morgan fingerprint density at radius 1 is 1.00 bits per heavy atom. The highest BCUT2D eigenvalue weighted by atomic mass is 16.5. The molecule has 0 saturated carbocycles. The molecule has 35 heavy (non-hydrogen) atoms. The molecule has 2 N–H and O–H groups in total. The molecule has 0 bridgehead atoms. The van der Waals surface area contributed by atoms with Gasteiger partial charge in [0, 0.05) is 18.5 Å². The van der Waals surface area contributed by atoms with Gasteiger partial charge in [-0.1, -0.05) is 48.5 Å². The van der Waals surface area contributed by atoms with Gasteiger partial charge in [-0.15, -0.1) is 0 Å². The number of furan rings is 1. The second-order valence-electron chi connectivity index (χ2n) is 8.84. The van der Waals surface area contributed by atoms with Crippen molar-refractivity contribution in [3.05, 3.63) is 83.3 Å². The molecule has 180 valence electrons. The number of nitrogens with zero attached hydrogens (tertiary/aromatic N) is 1. The maximum Gasteiger partial charge on any atom is 0.407 e. The topological polar surface area (TPSA) is 109 Å². The predicted molar refractivity (Wildman–Crippen MR) is 127 cm³/mol. The number of benzene rings is 2. The van der Waals surface area contributed by atoms with E-state index in [9.17, 15) is 14.4 Å². The molecule has 1 aliphatic heterocycles. The number of carbonyl (C=O) groups is 3. The number of carboxylic acid groups (broad SMARTS) is 1. The SMILES string of the molecule is O=C(O)CC1CCCN1C(=O)c1ccc(CNC(=O)OCC2c3ccccc3-c3ccccc32)o1. The van der Waals surface area contributed by atoms with Crippen molar-refractivity contribution in [2.24, 2.45) is 0 Å². The number of hydrogen-bond donors (Lipinski definition) is 2. The Hall–Kier alpha value is -4.07. The van der Waals surface area contributed by atoms with E-state index >= 15 is 0 Å². The summed E-state index contributed by atoms with van der Waals surface area (Å²) in [6.07, 6.45) is 0.773. The van der Waals surface area contributed by atoms with Gasteiger partial charge in [0.2, 0.25) is 0 Å². The summed E-state index contributed by atoms with van der Waals surface area (Å²) >= 11 is 0. The lowest BCUT2D eigenvalue weighted by atomic mass is 9.98. The average molecular weight is 475 g/mol.